The summed E-state index contributed by atoms with van der Waals surface area (Å²) in [5, 5.41) is 10.8. The van der Waals surface area contributed by atoms with Crippen molar-refractivity contribution in [3.8, 4) is 0 Å². The predicted octanol–water partition coefficient (Wildman–Crippen LogP) is 2.83. The van der Waals surface area contributed by atoms with Crippen LogP contribution >= 0.6 is 0 Å². The van der Waals surface area contributed by atoms with Gasteiger partial charge in [-0.3, -0.25) is 4.79 Å². The Labute approximate surface area is 158 Å². The van der Waals surface area contributed by atoms with E-state index in [1.165, 1.54) is 0 Å². The summed E-state index contributed by atoms with van der Waals surface area (Å²) in [5.41, 5.74) is 0.519. The van der Waals surface area contributed by atoms with E-state index in [0.717, 1.165) is 16.5 Å². The van der Waals surface area contributed by atoms with Crippen molar-refractivity contribution in [2.75, 3.05) is 13.2 Å². The minimum Gasteiger partial charge on any atom is -0.461 e. The fraction of sp³-hybridized carbons (Fsp3) is 0.429. The van der Waals surface area contributed by atoms with E-state index < -0.39 is 29.6 Å². The first-order valence-corrected chi connectivity index (χ1v) is 8.91. The zero-order chi connectivity index (χ0) is 19.8. The molecule has 1 saturated heterocycles. The molecule has 2 heterocycles. The van der Waals surface area contributed by atoms with Crippen molar-refractivity contribution in [3.63, 3.8) is 0 Å². The molecule has 3 rings (SSSR count). The van der Waals surface area contributed by atoms with Gasteiger partial charge >= 0.3 is 11.9 Å². The van der Waals surface area contributed by atoms with Crippen LogP contribution in [0.25, 0.3) is 17.0 Å². The van der Waals surface area contributed by atoms with E-state index in [4.69, 9.17) is 9.47 Å². The van der Waals surface area contributed by atoms with Crippen LogP contribution < -0.4 is 0 Å². The molecule has 6 nitrogen and oxygen atoms in total. The molecular weight excluding hydrogens is 346 g/mol. The molecule has 1 aromatic carbocycles. The van der Waals surface area contributed by atoms with Crippen LogP contribution in [-0.2, 0) is 26.1 Å². The van der Waals surface area contributed by atoms with Gasteiger partial charge in [0.25, 0.3) is 0 Å². The van der Waals surface area contributed by atoms with Crippen LogP contribution in [0, 0.1) is 5.41 Å². The Balaban J connectivity index is 1.85. The smallest absolute Gasteiger partial charge is 0.334 e. The lowest BCUT2D eigenvalue weighted by Crippen LogP contribution is -2.40. The number of aliphatic hydroxyl groups excluding tert-OH is 1. The van der Waals surface area contributed by atoms with E-state index in [1.807, 2.05) is 42.1 Å². The third-order valence-electron chi connectivity index (χ3n) is 4.71. The van der Waals surface area contributed by atoms with Gasteiger partial charge in [0, 0.05) is 41.7 Å². The van der Waals surface area contributed by atoms with Crippen LogP contribution in [0.1, 0.15) is 32.8 Å². The molecule has 0 bridgehead atoms. The number of carbonyl (C=O) groups excluding carboxylic acids is 2. The number of carbonyl (C=O) groups is 2. The molecule has 144 valence electrons. The van der Waals surface area contributed by atoms with Gasteiger partial charge in [-0.2, -0.15) is 0 Å². The van der Waals surface area contributed by atoms with Gasteiger partial charge in [0.1, 0.15) is 6.61 Å². The Bertz CT molecular complexity index is 918. The third-order valence-corrected chi connectivity index (χ3v) is 4.71. The second-order valence-corrected chi connectivity index (χ2v) is 8.12. The van der Waals surface area contributed by atoms with E-state index >= 15 is 0 Å². The normalized spacial score (nSPS) is 21.7. The molecule has 1 aliphatic heterocycles. The molecule has 1 aliphatic rings. The second kappa shape index (κ2) is 6.85. The number of ether oxygens (including phenoxy) is 2. The molecule has 0 radical (unpaired) electrons. The summed E-state index contributed by atoms with van der Waals surface area (Å²) in [4.78, 5) is 24.4. The topological polar surface area (TPSA) is 77.8 Å². The molecule has 0 aliphatic carbocycles. The standard InChI is InChI=1S/C21H25NO5/c1-20(2,3)19(25)26-13-21(12-23)10-14(18(24)27-21)9-15-11-22(4)17-8-6-5-7-16(15)17/h5-9,11,23H,10,12-13H2,1-4H3/b14-9+. The van der Waals surface area contributed by atoms with E-state index in [1.54, 1.807) is 26.8 Å². The molecule has 1 atom stereocenters. The van der Waals surface area contributed by atoms with Gasteiger partial charge in [-0.25, -0.2) is 4.79 Å². The van der Waals surface area contributed by atoms with Gasteiger partial charge in [0.05, 0.1) is 12.0 Å². The average Bonchev–Trinajstić information content (AvgIpc) is 3.11. The van der Waals surface area contributed by atoms with Crippen molar-refractivity contribution in [3.05, 3.63) is 41.6 Å². The molecule has 1 unspecified atom stereocenters. The third kappa shape index (κ3) is 3.76. The number of esters is 2. The number of hydrogen-bond donors (Lipinski definition) is 1. The fourth-order valence-corrected chi connectivity index (χ4v) is 3.13. The van der Waals surface area contributed by atoms with E-state index in [-0.39, 0.29) is 13.0 Å². The van der Waals surface area contributed by atoms with Crippen molar-refractivity contribution in [1.29, 1.82) is 0 Å². The van der Waals surface area contributed by atoms with Crippen LogP contribution in [0.15, 0.2) is 36.0 Å². The summed E-state index contributed by atoms with van der Waals surface area (Å²) in [7, 11) is 1.95. The highest BCUT2D eigenvalue weighted by molar-refractivity contribution is 6.00. The summed E-state index contributed by atoms with van der Waals surface area (Å²) < 4.78 is 12.7. The first kappa shape index (κ1) is 19.2. The maximum absolute atomic E-state index is 12.4. The summed E-state index contributed by atoms with van der Waals surface area (Å²) in [6, 6.07) is 7.91. The van der Waals surface area contributed by atoms with Crippen molar-refractivity contribution in [1.82, 2.24) is 4.57 Å². The number of hydrogen-bond acceptors (Lipinski definition) is 5. The highest BCUT2D eigenvalue weighted by atomic mass is 16.6. The Morgan fingerprint density at radius 3 is 2.74 bits per heavy atom. The zero-order valence-corrected chi connectivity index (χ0v) is 16.1. The van der Waals surface area contributed by atoms with Gasteiger partial charge < -0.3 is 19.1 Å². The zero-order valence-electron chi connectivity index (χ0n) is 16.1. The summed E-state index contributed by atoms with van der Waals surface area (Å²) in [6.45, 7) is 4.65. The van der Waals surface area contributed by atoms with Crippen molar-refractivity contribution < 1.29 is 24.2 Å². The number of cyclic esters (lactones) is 1. The Kier molecular flexibility index (Phi) is 4.86. The van der Waals surface area contributed by atoms with Crippen LogP contribution in [0.3, 0.4) is 0 Å². The van der Waals surface area contributed by atoms with Crippen LogP contribution in [0.4, 0.5) is 0 Å². The first-order chi connectivity index (χ1) is 12.6. The quantitative estimate of drug-likeness (QED) is 0.661. The van der Waals surface area contributed by atoms with Crippen molar-refractivity contribution >= 4 is 28.9 Å². The first-order valence-electron chi connectivity index (χ1n) is 8.91. The van der Waals surface area contributed by atoms with Crippen LogP contribution in [0.5, 0.6) is 0 Å². The van der Waals surface area contributed by atoms with Crippen LogP contribution in [0.2, 0.25) is 0 Å². The molecule has 1 fully saturated rings. The van der Waals surface area contributed by atoms with Crippen LogP contribution in [-0.4, -0.2) is 40.4 Å². The number of para-hydroxylation sites is 1. The highest BCUT2D eigenvalue weighted by Crippen LogP contribution is 2.34. The number of aliphatic hydroxyl groups is 1. The second-order valence-electron chi connectivity index (χ2n) is 8.12. The van der Waals surface area contributed by atoms with E-state index in [2.05, 4.69) is 0 Å². The summed E-state index contributed by atoms with van der Waals surface area (Å²) >= 11 is 0. The van der Waals surface area contributed by atoms with E-state index in [9.17, 15) is 14.7 Å². The van der Waals surface area contributed by atoms with Gasteiger partial charge in [-0.05, 0) is 32.9 Å². The fourth-order valence-electron chi connectivity index (χ4n) is 3.13. The molecule has 1 aromatic heterocycles. The van der Waals surface area contributed by atoms with Gasteiger partial charge in [-0.1, -0.05) is 18.2 Å². The van der Waals surface area contributed by atoms with Gasteiger partial charge in [-0.15, -0.1) is 0 Å². The molecule has 6 heteroatoms. The Morgan fingerprint density at radius 2 is 2.07 bits per heavy atom. The van der Waals surface area contributed by atoms with Crippen molar-refractivity contribution in [2.24, 2.45) is 12.5 Å². The SMILES string of the molecule is Cn1cc(/C=C2\CC(CO)(COC(=O)C(C)(C)C)OC2=O)c2ccccc21. The summed E-state index contributed by atoms with van der Waals surface area (Å²) in [6.07, 6.45) is 3.92. The predicted molar refractivity (Wildman–Crippen MR) is 102 cm³/mol. The van der Waals surface area contributed by atoms with Crippen molar-refractivity contribution in [2.45, 2.75) is 32.8 Å². The Morgan fingerprint density at radius 1 is 1.37 bits per heavy atom. The molecular formula is C21H25NO5. The van der Waals surface area contributed by atoms with Gasteiger partial charge in [0.2, 0.25) is 0 Å². The average molecular weight is 371 g/mol. The Hall–Kier alpha value is -2.60. The molecule has 0 saturated carbocycles. The molecule has 0 spiro atoms. The highest BCUT2D eigenvalue weighted by Gasteiger charge is 2.45. The summed E-state index contributed by atoms with van der Waals surface area (Å²) in [5.74, 6) is -0.901. The monoisotopic (exact) mass is 371 g/mol. The van der Waals surface area contributed by atoms with E-state index in [0.29, 0.717) is 5.57 Å². The minimum absolute atomic E-state index is 0.168. The number of aryl methyl sites for hydroxylation is 1. The molecule has 1 N–H and O–H groups in total. The number of aromatic nitrogens is 1. The number of fused-ring (bicyclic) bond motifs is 1. The minimum atomic E-state index is -1.23. The lowest BCUT2D eigenvalue weighted by molar-refractivity contribution is -0.171. The molecule has 2 aromatic rings. The van der Waals surface area contributed by atoms with Gasteiger partial charge in [0.15, 0.2) is 5.60 Å². The lowest BCUT2D eigenvalue weighted by Gasteiger charge is -2.26. The lowest BCUT2D eigenvalue weighted by atomic mass is 9.96. The number of nitrogens with zero attached hydrogens (tertiary/aromatic N) is 1. The maximum Gasteiger partial charge on any atom is 0.334 e. The number of rotatable bonds is 4. The largest absolute Gasteiger partial charge is 0.461 e. The molecule has 27 heavy (non-hydrogen) atoms. The maximum atomic E-state index is 12.4. The number of benzene rings is 1. The molecule has 0 amide bonds.